The number of ether oxygens (including phenoxy) is 1. The lowest BCUT2D eigenvalue weighted by Gasteiger charge is -2.13. The van der Waals surface area contributed by atoms with Gasteiger partial charge in [-0.3, -0.25) is 4.79 Å². The Balaban J connectivity index is 1.43. The first-order chi connectivity index (χ1) is 11.7. The molecule has 2 fully saturated rings. The van der Waals surface area contributed by atoms with Crippen molar-refractivity contribution in [1.82, 2.24) is 10.6 Å². The molecule has 4 N–H and O–H groups in total. The van der Waals surface area contributed by atoms with E-state index in [1.165, 1.54) is 0 Å². The number of anilines is 2. The van der Waals surface area contributed by atoms with Crippen LogP contribution in [0.1, 0.15) is 19.3 Å². The number of amides is 3. The monoisotopic (exact) mass is 332 g/mol. The summed E-state index contributed by atoms with van der Waals surface area (Å²) >= 11 is 0. The molecule has 2 unspecified atom stereocenters. The van der Waals surface area contributed by atoms with E-state index in [0.29, 0.717) is 12.2 Å². The highest BCUT2D eigenvalue weighted by molar-refractivity contribution is 5.93. The second-order valence-electron chi connectivity index (χ2n) is 6.23. The van der Waals surface area contributed by atoms with Crippen LogP contribution in [0, 0.1) is 5.92 Å². The minimum atomic E-state index is -0.251. The standard InChI is InChI=1S/C17H24N4O3/c22-16(12-7-8-18-10-12)20-13-3-5-14(6-4-13)21-17(23)19-11-15-2-1-9-24-15/h3-6,12,15,18H,1-2,7-11H2,(H,20,22)(H2,19,21,23). The lowest BCUT2D eigenvalue weighted by molar-refractivity contribution is -0.119. The van der Waals surface area contributed by atoms with Gasteiger partial charge in [-0.05, 0) is 50.1 Å². The highest BCUT2D eigenvalue weighted by Gasteiger charge is 2.22. The van der Waals surface area contributed by atoms with Crippen molar-refractivity contribution in [2.24, 2.45) is 5.92 Å². The van der Waals surface area contributed by atoms with Gasteiger partial charge in [0.1, 0.15) is 0 Å². The smallest absolute Gasteiger partial charge is 0.319 e. The molecule has 130 valence electrons. The van der Waals surface area contributed by atoms with Gasteiger partial charge in [-0.2, -0.15) is 0 Å². The van der Waals surface area contributed by atoms with Gasteiger partial charge in [-0.25, -0.2) is 4.79 Å². The lowest BCUT2D eigenvalue weighted by atomic mass is 10.1. The predicted octanol–water partition coefficient (Wildman–Crippen LogP) is 1.54. The zero-order chi connectivity index (χ0) is 16.8. The molecule has 3 amide bonds. The highest BCUT2D eigenvalue weighted by Crippen LogP contribution is 2.16. The summed E-state index contributed by atoms with van der Waals surface area (Å²) in [5.41, 5.74) is 1.41. The molecule has 7 heteroatoms. The summed E-state index contributed by atoms with van der Waals surface area (Å²) in [5.74, 6) is 0.0707. The number of carbonyl (C=O) groups excluding carboxylic acids is 2. The Labute approximate surface area is 141 Å². The molecule has 0 aliphatic carbocycles. The van der Waals surface area contributed by atoms with Gasteiger partial charge < -0.3 is 26.0 Å². The Kier molecular flexibility index (Phi) is 5.66. The Morgan fingerprint density at radius 3 is 2.50 bits per heavy atom. The fourth-order valence-corrected chi connectivity index (χ4v) is 2.95. The molecule has 3 rings (SSSR count). The Hall–Kier alpha value is -2.12. The quantitative estimate of drug-likeness (QED) is 0.658. The molecule has 0 saturated carbocycles. The molecule has 1 aromatic carbocycles. The van der Waals surface area contributed by atoms with Crippen molar-refractivity contribution in [2.75, 3.05) is 36.9 Å². The van der Waals surface area contributed by atoms with Gasteiger partial charge in [-0.1, -0.05) is 0 Å². The predicted molar refractivity (Wildman–Crippen MR) is 92.0 cm³/mol. The third kappa shape index (κ3) is 4.69. The van der Waals surface area contributed by atoms with Crippen LogP contribution in [0.3, 0.4) is 0 Å². The maximum absolute atomic E-state index is 12.0. The van der Waals surface area contributed by atoms with Crippen molar-refractivity contribution in [3.8, 4) is 0 Å². The minimum absolute atomic E-state index is 0.0337. The molecule has 2 heterocycles. The number of carbonyl (C=O) groups is 2. The maximum atomic E-state index is 12.0. The van der Waals surface area contributed by atoms with E-state index in [4.69, 9.17) is 4.74 Å². The summed E-state index contributed by atoms with van der Waals surface area (Å²) in [6.45, 7) is 2.92. The minimum Gasteiger partial charge on any atom is -0.376 e. The molecule has 0 spiro atoms. The summed E-state index contributed by atoms with van der Waals surface area (Å²) in [6, 6.07) is 6.87. The van der Waals surface area contributed by atoms with Gasteiger partial charge in [0.2, 0.25) is 5.91 Å². The average Bonchev–Trinajstić information content (AvgIpc) is 3.28. The van der Waals surface area contributed by atoms with Crippen LogP contribution in [-0.2, 0) is 9.53 Å². The van der Waals surface area contributed by atoms with Gasteiger partial charge >= 0.3 is 6.03 Å². The molecule has 2 atom stereocenters. The average molecular weight is 332 g/mol. The summed E-state index contributed by atoms with van der Waals surface area (Å²) in [5, 5.41) is 11.7. The summed E-state index contributed by atoms with van der Waals surface area (Å²) in [6.07, 6.45) is 3.04. The first-order valence-corrected chi connectivity index (χ1v) is 8.49. The molecule has 24 heavy (non-hydrogen) atoms. The number of hydrogen-bond donors (Lipinski definition) is 4. The topological polar surface area (TPSA) is 91.5 Å². The van der Waals surface area contributed by atoms with Crippen molar-refractivity contribution < 1.29 is 14.3 Å². The molecule has 2 aliphatic heterocycles. The first kappa shape index (κ1) is 16.7. The lowest BCUT2D eigenvalue weighted by Crippen LogP contribution is -2.35. The second-order valence-corrected chi connectivity index (χ2v) is 6.23. The fourth-order valence-electron chi connectivity index (χ4n) is 2.95. The van der Waals surface area contributed by atoms with E-state index in [0.717, 1.165) is 44.6 Å². The number of urea groups is 1. The normalized spacial score (nSPS) is 23.0. The van der Waals surface area contributed by atoms with Crippen molar-refractivity contribution in [3.63, 3.8) is 0 Å². The van der Waals surface area contributed by atoms with E-state index >= 15 is 0 Å². The van der Waals surface area contributed by atoms with E-state index in [1.807, 2.05) is 0 Å². The zero-order valence-electron chi connectivity index (χ0n) is 13.6. The van der Waals surface area contributed by atoms with Gasteiger partial charge in [-0.15, -0.1) is 0 Å². The molecule has 7 nitrogen and oxygen atoms in total. The molecular formula is C17H24N4O3. The van der Waals surface area contributed by atoms with Crippen LogP contribution < -0.4 is 21.3 Å². The largest absolute Gasteiger partial charge is 0.376 e. The Morgan fingerprint density at radius 1 is 1.12 bits per heavy atom. The molecule has 1 aromatic rings. The first-order valence-electron chi connectivity index (χ1n) is 8.49. The van der Waals surface area contributed by atoms with E-state index in [9.17, 15) is 9.59 Å². The summed E-state index contributed by atoms with van der Waals surface area (Å²) < 4.78 is 5.46. The number of benzene rings is 1. The molecule has 0 bridgehead atoms. The van der Waals surface area contributed by atoms with Gasteiger partial charge in [0.15, 0.2) is 0 Å². The summed E-state index contributed by atoms with van der Waals surface area (Å²) in [4.78, 5) is 23.9. The second kappa shape index (κ2) is 8.12. The Bertz CT molecular complexity index is 564. The van der Waals surface area contributed by atoms with Crippen LogP contribution in [0.2, 0.25) is 0 Å². The third-order valence-electron chi connectivity index (χ3n) is 4.36. The van der Waals surface area contributed by atoms with Gasteiger partial charge in [0.25, 0.3) is 0 Å². The molecule has 0 radical (unpaired) electrons. The van der Waals surface area contributed by atoms with Crippen molar-refractivity contribution >= 4 is 23.3 Å². The van der Waals surface area contributed by atoms with E-state index in [2.05, 4.69) is 21.3 Å². The third-order valence-corrected chi connectivity index (χ3v) is 4.36. The van der Waals surface area contributed by atoms with Crippen LogP contribution in [0.4, 0.5) is 16.2 Å². The van der Waals surface area contributed by atoms with Crippen molar-refractivity contribution in [1.29, 1.82) is 0 Å². The van der Waals surface area contributed by atoms with Crippen LogP contribution in [-0.4, -0.2) is 44.3 Å². The maximum Gasteiger partial charge on any atom is 0.319 e. The van der Waals surface area contributed by atoms with Crippen LogP contribution in [0.15, 0.2) is 24.3 Å². The molecule has 2 saturated heterocycles. The molecule has 0 aromatic heterocycles. The molecule has 2 aliphatic rings. The number of nitrogens with one attached hydrogen (secondary N) is 4. The van der Waals surface area contributed by atoms with Crippen LogP contribution in [0.5, 0.6) is 0 Å². The van der Waals surface area contributed by atoms with Crippen molar-refractivity contribution in [3.05, 3.63) is 24.3 Å². The highest BCUT2D eigenvalue weighted by atomic mass is 16.5. The van der Waals surface area contributed by atoms with Crippen molar-refractivity contribution in [2.45, 2.75) is 25.4 Å². The van der Waals surface area contributed by atoms with Crippen LogP contribution in [0.25, 0.3) is 0 Å². The zero-order valence-corrected chi connectivity index (χ0v) is 13.6. The van der Waals surface area contributed by atoms with E-state index in [1.54, 1.807) is 24.3 Å². The SMILES string of the molecule is O=C(NCC1CCCO1)Nc1ccc(NC(=O)C2CCNC2)cc1. The molecular weight excluding hydrogens is 308 g/mol. The van der Waals surface area contributed by atoms with Crippen LogP contribution >= 0.6 is 0 Å². The van der Waals surface area contributed by atoms with E-state index < -0.39 is 0 Å². The number of rotatable bonds is 5. The number of hydrogen-bond acceptors (Lipinski definition) is 4. The Morgan fingerprint density at radius 2 is 1.88 bits per heavy atom. The van der Waals surface area contributed by atoms with E-state index in [-0.39, 0.29) is 24.0 Å². The van der Waals surface area contributed by atoms with Gasteiger partial charge in [0, 0.05) is 31.1 Å². The fraction of sp³-hybridized carbons (Fsp3) is 0.529. The van der Waals surface area contributed by atoms with Gasteiger partial charge in [0.05, 0.1) is 12.0 Å². The summed E-state index contributed by atoms with van der Waals surface area (Å²) in [7, 11) is 0.